The van der Waals surface area contributed by atoms with Gasteiger partial charge in [0, 0.05) is 49.5 Å². The van der Waals surface area contributed by atoms with Crippen molar-refractivity contribution in [3.05, 3.63) is 47.8 Å². The van der Waals surface area contributed by atoms with Crippen LogP contribution >= 0.6 is 0 Å². The van der Waals surface area contributed by atoms with Gasteiger partial charge >= 0.3 is 6.01 Å². The number of aryl methyl sites for hydroxylation is 1. The van der Waals surface area contributed by atoms with Gasteiger partial charge < -0.3 is 14.5 Å². The maximum absolute atomic E-state index is 12.7. The van der Waals surface area contributed by atoms with Crippen LogP contribution in [0, 0.1) is 6.92 Å². The minimum Gasteiger partial charge on any atom is -0.467 e. The summed E-state index contributed by atoms with van der Waals surface area (Å²) in [7, 11) is 3.63. The van der Waals surface area contributed by atoms with Crippen LogP contribution < -0.4 is 4.74 Å². The van der Waals surface area contributed by atoms with Gasteiger partial charge in [-0.1, -0.05) is 6.07 Å². The summed E-state index contributed by atoms with van der Waals surface area (Å²) in [4.78, 5) is 29.9. The van der Waals surface area contributed by atoms with Crippen LogP contribution in [0.5, 0.6) is 6.01 Å². The first-order valence-electron chi connectivity index (χ1n) is 9.76. The largest absolute Gasteiger partial charge is 0.467 e. The van der Waals surface area contributed by atoms with Crippen molar-refractivity contribution >= 4 is 16.8 Å². The van der Waals surface area contributed by atoms with E-state index in [1.54, 1.807) is 19.5 Å². The molecule has 4 rings (SSSR count). The Morgan fingerprint density at radius 1 is 1.10 bits per heavy atom. The van der Waals surface area contributed by atoms with E-state index in [-0.39, 0.29) is 5.91 Å². The van der Waals surface area contributed by atoms with Gasteiger partial charge in [-0.2, -0.15) is 0 Å². The molecule has 150 valence electrons. The number of piperazine rings is 1. The lowest BCUT2D eigenvalue weighted by atomic mass is 10.0. The Morgan fingerprint density at radius 2 is 1.83 bits per heavy atom. The van der Waals surface area contributed by atoms with Crippen molar-refractivity contribution < 1.29 is 9.53 Å². The molecule has 1 saturated heterocycles. The first-order chi connectivity index (χ1) is 14.0. The SMILES string of the molecule is COc1ncc(-c2cc(C)c3cc(CC(=O)N4CCN(C)CC4)ccc3n2)cn1. The third kappa shape index (κ3) is 4.19. The maximum atomic E-state index is 12.7. The quantitative estimate of drug-likeness (QED) is 0.680. The summed E-state index contributed by atoms with van der Waals surface area (Å²) in [5.41, 5.74) is 4.68. The zero-order chi connectivity index (χ0) is 20.4. The van der Waals surface area contributed by atoms with Crippen molar-refractivity contribution in [3.8, 4) is 17.3 Å². The van der Waals surface area contributed by atoms with Gasteiger partial charge in [0.2, 0.25) is 5.91 Å². The van der Waals surface area contributed by atoms with Crippen LogP contribution in [0.3, 0.4) is 0 Å². The Morgan fingerprint density at radius 3 is 2.52 bits per heavy atom. The number of pyridine rings is 1. The second kappa shape index (κ2) is 8.13. The van der Waals surface area contributed by atoms with Gasteiger partial charge in [-0.15, -0.1) is 0 Å². The second-order valence-electron chi connectivity index (χ2n) is 7.50. The van der Waals surface area contributed by atoms with Crippen molar-refractivity contribution in [2.45, 2.75) is 13.3 Å². The summed E-state index contributed by atoms with van der Waals surface area (Å²) in [6.45, 7) is 5.53. The molecule has 3 aromatic rings. The zero-order valence-electron chi connectivity index (χ0n) is 17.1. The van der Waals surface area contributed by atoms with Crippen LogP contribution in [0.4, 0.5) is 0 Å². The lowest BCUT2D eigenvalue weighted by Crippen LogP contribution is -2.47. The van der Waals surface area contributed by atoms with E-state index in [0.29, 0.717) is 12.4 Å². The van der Waals surface area contributed by atoms with E-state index in [9.17, 15) is 4.79 Å². The fraction of sp³-hybridized carbons (Fsp3) is 0.364. The number of hydrogen-bond donors (Lipinski definition) is 0. The van der Waals surface area contributed by atoms with E-state index in [4.69, 9.17) is 9.72 Å². The fourth-order valence-corrected chi connectivity index (χ4v) is 3.60. The Hall–Kier alpha value is -3.06. The number of rotatable bonds is 4. The number of carbonyl (C=O) groups excluding carboxylic acids is 1. The van der Waals surface area contributed by atoms with Gasteiger partial charge in [0.1, 0.15) is 0 Å². The summed E-state index contributed by atoms with van der Waals surface area (Å²) < 4.78 is 5.02. The van der Waals surface area contributed by atoms with E-state index in [1.165, 1.54) is 0 Å². The molecule has 7 nitrogen and oxygen atoms in total. The number of fused-ring (bicyclic) bond motifs is 1. The molecule has 0 radical (unpaired) electrons. The number of ether oxygens (including phenoxy) is 1. The van der Waals surface area contributed by atoms with Crippen molar-refractivity contribution in [2.75, 3.05) is 40.3 Å². The number of nitrogens with zero attached hydrogens (tertiary/aromatic N) is 5. The van der Waals surface area contributed by atoms with Crippen molar-refractivity contribution in [3.63, 3.8) is 0 Å². The fourth-order valence-electron chi connectivity index (χ4n) is 3.60. The number of aromatic nitrogens is 3. The van der Waals surface area contributed by atoms with Gasteiger partial charge in [-0.05, 0) is 43.3 Å². The van der Waals surface area contributed by atoms with E-state index < -0.39 is 0 Å². The highest BCUT2D eigenvalue weighted by atomic mass is 16.5. The lowest BCUT2D eigenvalue weighted by Gasteiger charge is -2.32. The van der Waals surface area contributed by atoms with Gasteiger partial charge in [-0.25, -0.2) is 15.0 Å². The number of likely N-dealkylation sites (N-methyl/N-ethyl adjacent to an activating group) is 1. The normalized spacial score (nSPS) is 14.9. The van der Waals surface area contributed by atoms with Crippen LogP contribution in [0.1, 0.15) is 11.1 Å². The molecule has 0 saturated carbocycles. The second-order valence-corrected chi connectivity index (χ2v) is 7.50. The average molecular weight is 391 g/mol. The Labute approximate surface area is 170 Å². The Balaban J connectivity index is 1.56. The molecule has 1 aliphatic heterocycles. The van der Waals surface area contributed by atoms with Crippen LogP contribution in [-0.2, 0) is 11.2 Å². The van der Waals surface area contributed by atoms with Crippen LogP contribution in [0.15, 0.2) is 36.7 Å². The molecule has 29 heavy (non-hydrogen) atoms. The molecule has 1 fully saturated rings. The molecular formula is C22H25N5O2. The van der Waals surface area contributed by atoms with Crippen molar-refractivity contribution in [2.24, 2.45) is 0 Å². The minimum absolute atomic E-state index is 0.190. The predicted molar refractivity (Wildman–Crippen MR) is 112 cm³/mol. The molecule has 0 unspecified atom stereocenters. The first kappa shape index (κ1) is 19.3. The molecule has 3 heterocycles. The predicted octanol–water partition coefficient (Wildman–Crippen LogP) is 2.33. The molecule has 1 amide bonds. The number of methoxy groups -OCH3 is 1. The minimum atomic E-state index is 0.190. The summed E-state index contributed by atoms with van der Waals surface area (Å²) in [6, 6.07) is 8.43. The highest BCUT2D eigenvalue weighted by Gasteiger charge is 2.19. The third-order valence-corrected chi connectivity index (χ3v) is 5.40. The third-order valence-electron chi connectivity index (χ3n) is 5.40. The van der Waals surface area contributed by atoms with Gasteiger partial charge in [0.25, 0.3) is 0 Å². The average Bonchev–Trinajstić information content (AvgIpc) is 2.74. The number of carbonyl (C=O) groups is 1. The van der Waals surface area contributed by atoms with E-state index in [1.807, 2.05) is 23.1 Å². The standard InChI is InChI=1S/C22H25N5O2/c1-15-10-20(17-13-23-22(29-3)24-14-17)25-19-5-4-16(11-18(15)19)12-21(28)27-8-6-26(2)7-9-27/h4-5,10-11,13-14H,6-9,12H2,1-3H3. The maximum Gasteiger partial charge on any atom is 0.316 e. The molecular weight excluding hydrogens is 366 g/mol. The molecule has 0 N–H and O–H groups in total. The molecule has 2 aromatic heterocycles. The van der Waals surface area contributed by atoms with Crippen molar-refractivity contribution in [1.82, 2.24) is 24.8 Å². The van der Waals surface area contributed by atoms with E-state index >= 15 is 0 Å². The summed E-state index contributed by atoms with van der Waals surface area (Å²) >= 11 is 0. The van der Waals surface area contributed by atoms with Crippen LogP contribution in [0.25, 0.3) is 22.2 Å². The van der Waals surface area contributed by atoms with Gasteiger partial charge in [-0.3, -0.25) is 4.79 Å². The Bertz CT molecular complexity index is 1030. The zero-order valence-corrected chi connectivity index (χ0v) is 17.1. The van der Waals surface area contributed by atoms with Gasteiger partial charge in [0.05, 0.1) is 24.7 Å². The summed E-state index contributed by atoms with van der Waals surface area (Å²) in [5.74, 6) is 0.190. The summed E-state index contributed by atoms with van der Waals surface area (Å²) in [5, 5.41) is 1.06. The molecule has 0 atom stereocenters. The molecule has 0 aliphatic carbocycles. The van der Waals surface area contributed by atoms with Gasteiger partial charge in [0.15, 0.2) is 0 Å². The van der Waals surface area contributed by atoms with Crippen molar-refractivity contribution in [1.29, 1.82) is 0 Å². The molecule has 0 bridgehead atoms. The highest BCUT2D eigenvalue weighted by Crippen LogP contribution is 2.25. The smallest absolute Gasteiger partial charge is 0.316 e. The first-order valence-corrected chi connectivity index (χ1v) is 9.76. The molecule has 1 aromatic carbocycles. The highest BCUT2D eigenvalue weighted by molar-refractivity contribution is 5.87. The monoisotopic (exact) mass is 391 g/mol. The van der Waals surface area contributed by atoms with E-state index in [2.05, 4.69) is 34.9 Å². The molecule has 7 heteroatoms. The number of amides is 1. The molecule has 1 aliphatic rings. The topological polar surface area (TPSA) is 71.5 Å². The number of benzene rings is 1. The van der Waals surface area contributed by atoms with Crippen LogP contribution in [0.2, 0.25) is 0 Å². The molecule has 0 spiro atoms. The number of hydrogen-bond acceptors (Lipinski definition) is 6. The van der Waals surface area contributed by atoms with E-state index in [0.717, 1.165) is 59.5 Å². The van der Waals surface area contributed by atoms with Crippen LogP contribution in [-0.4, -0.2) is 71.0 Å². The lowest BCUT2D eigenvalue weighted by molar-refractivity contribution is -0.132. The summed E-state index contributed by atoms with van der Waals surface area (Å²) in [6.07, 6.45) is 3.85. The Kier molecular flexibility index (Phi) is 5.40.